The average Bonchev–Trinajstić information content (AvgIpc) is 3.52. The Balaban J connectivity index is 1.33. The number of carbonyl (C=O) groups is 2. The van der Waals surface area contributed by atoms with Crippen molar-refractivity contribution in [3.8, 4) is 5.75 Å². The van der Waals surface area contributed by atoms with Gasteiger partial charge >= 0.3 is 6.18 Å². The molecule has 176 valence electrons. The fraction of sp³-hybridized carbons (Fsp3) is 0.429. The number of nitrogens with zero attached hydrogens (tertiary/aromatic N) is 3. The molecule has 0 radical (unpaired) electrons. The fourth-order valence-corrected chi connectivity index (χ4v) is 3.72. The zero-order chi connectivity index (χ0) is 23.6. The van der Waals surface area contributed by atoms with E-state index in [4.69, 9.17) is 11.6 Å². The van der Waals surface area contributed by atoms with Crippen LogP contribution in [0.3, 0.4) is 0 Å². The molecule has 2 fully saturated rings. The molecule has 33 heavy (non-hydrogen) atoms. The van der Waals surface area contributed by atoms with Crippen LogP contribution in [0.15, 0.2) is 30.6 Å². The van der Waals surface area contributed by atoms with E-state index in [0.717, 1.165) is 12.8 Å². The van der Waals surface area contributed by atoms with E-state index in [-0.39, 0.29) is 34.5 Å². The smallest absolute Gasteiger partial charge is 0.422 e. The first kappa shape index (κ1) is 23.1. The third-order valence-corrected chi connectivity index (χ3v) is 5.52. The molecular weight excluding hydrogens is 463 g/mol. The monoisotopic (exact) mass is 483 g/mol. The fourth-order valence-electron chi connectivity index (χ4n) is 3.44. The van der Waals surface area contributed by atoms with Crippen molar-refractivity contribution in [1.29, 1.82) is 0 Å². The third-order valence-electron chi connectivity index (χ3n) is 5.24. The molecule has 12 heteroatoms. The lowest BCUT2D eigenvalue weighted by atomic mass is 10.2. The molecule has 1 aliphatic heterocycles. The molecule has 0 aromatic carbocycles. The van der Waals surface area contributed by atoms with Crippen molar-refractivity contribution in [2.24, 2.45) is 5.92 Å². The minimum absolute atomic E-state index is 0.0273. The van der Waals surface area contributed by atoms with Gasteiger partial charge in [0.05, 0.1) is 11.2 Å². The van der Waals surface area contributed by atoms with E-state index >= 15 is 0 Å². The maximum Gasteiger partial charge on any atom is 0.422 e. The Kier molecular flexibility index (Phi) is 6.59. The molecule has 1 aliphatic carbocycles. The zero-order valence-corrected chi connectivity index (χ0v) is 18.1. The summed E-state index contributed by atoms with van der Waals surface area (Å²) in [4.78, 5) is 34.6. The van der Waals surface area contributed by atoms with Gasteiger partial charge in [-0.3, -0.25) is 9.59 Å². The van der Waals surface area contributed by atoms with Crippen LogP contribution in [0, 0.1) is 5.92 Å². The first-order valence-electron chi connectivity index (χ1n) is 10.4. The van der Waals surface area contributed by atoms with Gasteiger partial charge in [0.1, 0.15) is 17.4 Å². The standard InChI is InChI=1S/C21H21ClF3N5O3/c22-16-8-15(33-11-21(23,24)25)9-27-18(16)30-6-4-14(10-30)28-20(32)13-3-5-26-17(7-13)29-19(31)12-1-2-12/h3,5,7-9,12,14H,1-2,4,6,10-11H2,(H,28,32)(H,26,29,31)/t14-/m1/s1. The summed E-state index contributed by atoms with van der Waals surface area (Å²) in [6, 6.07) is 4.19. The Hall–Kier alpha value is -3.08. The second kappa shape index (κ2) is 9.42. The highest BCUT2D eigenvalue weighted by Crippen LogP contribution is 2.31. The molecule has 2 N–H and O–H groups in total. The molecule has 2 aliphatic rings. The van der Waals surface area contributed by atoms with Crippen LogP contribution in [0.2, 0.25) is 5.02 Å². The molecule has 3 heterocycles. The van der Waals surface area contributed by atoms with E-state index in [1.165, 1.54) is 24.5 Å². The van der Waals surface area contributed by atoms with Gasteiger partial charge in [-0.1, -0.05) is 11.6 Å². The summed E-state index contributed by atoms with van der Waals surface area (Å²) >= 11 is 6.20. The lowest BCUT2D eigenvalue weighted by Gasteiger charge is -2.20. The third kappa shape index (κ3) is 6.25. The number of pyridine rings is 2. The summed E-state index contributed by atoms with van der Waals surface area (Å²) in [5, 5.41) is 5.81. The van der Waals surface area contributed by atoms with Crippen molar-refractivity contribution in [3.05, 3.63) is 41.2 Å². The van der Waals surface area contributed by atoms with Crippen LogP contribution in [-0.2, 0) is 4.79 Å². The number of halogens is 4. The second-order valence-corrected chi connectivity index (χ2v) is 8.39. The van der Waals surface area contributed by atoms with E-state index in [9.17, 15) is 22.8 Å². The maximum absolute atomic E-state index is 12.7. The van der Waals surface area contributed by atoms with Crippen molar-refractivity contribution in [2.45, 2.75) is 31.5 Å². The maximum atomic E-state index is 12.7. The van der Waals surface area contributed by atoms with Crippen LogP contribution in [0.5, 0.6) is 5.75 Å². The van der Waals surface area contributed by atoms with Gasteiger partial charge in [-0.15, -0.1) is 0 Å². The minimum atomic E-state index is -4.45. The number of carbonyl (C=O) groups excluding carboxylic acids is 2. The highest BCUT2D eigenvalue weighted by Gasteiger charge is 2.31. The van der Waals surface area contributed by atoms with Gasteiger partial charge in [0, 0.05) is 42.9 Å². The Labute approximate surface area is 192 Å². The van der Waals surface area contributed by atoms with Crippen molar-refractivity contribution in [3.63, 3.8) is 0 Å². The quantitative estimate of drug-likeness (QED) is 0.626. The number of rotatable bonds is 7. The van der Waals surface area contributed by atoms with Gasteiger partial charge in [-0.2, -0.15) is 13.2 Å². The minimum Gasteiger partial charge on any atom is -0.482 e. The van der Waals surface area contributed by atoms with Gasteiger partial charge in [0.15, 0.2) is 6.61 Å². The molecule has 0 spiro atoms. The summed E-state index contributed by atoms with van der Waals surface area (Å²) in [6.45, 7) is -0.444. The van der Waals surface area contributed by atoms with Crippen LogP contribution in [0.25, 0.3) is 0 Å². The Morgan fingerprint density at radius 2 is 2.00 bits per heavy atom. The van der Waals surface area contributed by atoms with Crippen LogP contribution in [0.4, 0.5) is 24.8 Å². The largest absolute Gasteiger partial charge is 0.482 e. The molecule has 1 atom stereocenters. The average molecular weight is 484 g/mol. The number of amides is 2. The highest BCUT2D eigenvalue weighted by atomic mass is 35.5. The topological polar surface area (TPSA) is 96.5 Å². The number of alkyl halides is 3. The Morgan fingerprint density at radius 1 is 1.21 bits per heavy atom. The van der Waals surface area contributed by atoms with Crippen LogP contribution in [0.1, 0.15) is 29.6 Å². The van der Waals surface area contributed by atoms with Gasteiger partial charge in [0.2, 0.25) is 5.91 Å². The lowest BCUT2D eigenvalue weighted by Crippen LogP contribution is -2.37. The van der Waals surface area contributed by atoms with E-state index in [2.05, 4.69) is 25.3 Å². The predicted molar refractivity (Wildman–Crippen MR) is 114 cm³/mol. The van der Waals surface area contributed by atoms with Crippen LogP contribution >= 0.6 is 11.6 Å². The van der Waals surface area contributed by atoms with E-state index in [1.807, 2.05) is 4.90 Å². The molecule has 1 saturated heterocycles. The Bertz CT molecular complexity index is 1050. The normalized spacial score (nSPS) is 18.2. The first-order valence-corrected chi connectivity index (χ1v) is 10.7. The number of nitrogens with one attached hydrogen (secondary N) is 2. The zero-order valence-electron chi connectivity index (χ0n) is 17.4. The summed E-state index contributed by atoms with van der Waals surface area (Å²) < 4.78 is 41.6. The van der Waals surface area contributed by atoms with E-state index < -0.39 is 12.8 Å². The summed E-state index contributed by atoms with van der Waals surface area (Å²) in [5.74, 6) is 0.289. The Morgan fingerprint density at radius 3 is 2.70 bits per heavy atom. The summed E-state index contributed by atoms with van der Waals surface area (Å²) in [6.07, 6.45) is 0.562. The van der Waals surface area contributed by atoms with Gasteiger partial charge < -0.3 is 20.3 Å². The molecule has 0 bridgehead atoms. The first-order chi connectivity index (χ1) is 15.7. The van der Waals surface area contributed by atoms with Gasteiger partial charge in [-0.25, -0.2) is 9.97 Å². The van der Waals surface area contributed by atoms with Crippen molar-refractivity contribution < 1.29 is 27.5 Å². The molecule has 2 aromatic heterocycles. The molecule has 0 unspecified atom stereocenters. The summed E-state index contributed by atoms with van der Waals surface area (Å²) in [7, 11) is 0. The second-order valence-electron chi connectivity index (χ2n) is 7.98. The highest BCUT2D eigenvalue weighted by molar-refractivity contribution is 6.33. The van der Waals surface area contributed by atoms with Gasteiger partial charge in [0.25, 0.3) is 5.91 Å². The van der Waals surface area contributed by atoms with E-state index in [0.29, 0.717) is 36.7 Å². The predicted octanol–water partition coefficient (Wildman–Crippen LogP) is 3.43. The molecule has 8 nitrogen and oxygen atoms in total. The van der Waals surface area contributed by atoms with Crippen LogP contribution in [-0.4, -0.2) is 53.7 Å². The van der Waals surface area contributed by atoms with Crippen molar-refractivity contribution in [2.75, 3.05) is 29.9 Å². The number of hydrogen-bond donors (Lipinski definition) is 2. The SMILES string of the molecule is O=C(N[C@@H]1CCN(c2ncc(OCC(F)(F)F)cc2Cl)C1)c1ccnc(NC(=O)C2CC2)c1. The van der Waals surface area contributed by atoms with Gasteiger partial charge in [-0.05, 0) is 31.4 Å². The number of ether oxygens (including phenoxy) is 1. The molecular formula is C21H21ClF3N5O3. The van der Waals surface area contributed by atoms with E-state index in [1.54, 1.807) is 6.07 Å². The molecule has 2 amide bonds. The molecule has 1 saturated carbocycles. The summed E-state index contributed by atoms with van der Waals surface area (Å²) in [5.41, 5.74) is 0.372. The number of hydrogen-bond acceptors (Lipinski definition) is 6. The molecule has 2 aromatic rings. The lowest BCUT2D eigenvalue weighted by molar-refractivity contribution is -0.153. The van der Waals surface area contributed by atoms with Crippen molar-refractivity contribution in [1.82, 2.24) is 15.3 Å². The number of anilines is 2. The molecule has 4 rings (SSSR count). The van der Waals surface area contributed by atoms with Crippen LogP contribution < -0.4 is 20.3 Å². The van der Waals surface area contributed by atoms with Crippen molar-refractivity contribution >= 4 is 35.1 Å². The number of aromatic nitrogens is 2.